The number of fused-ring (bicyclic) bond motifs is 1. The third-order valence-electron chi connectivity index (χ3n) is 5.68. The normalized spacial score (nSPS) is 17.5. The van der Waals surface area contributed by atoms with Gasteiger partial charge in [-0.1, -0.05) is 6.07 Å². The lowest BCUT2D eigenvalue weighted by Crippen LogP contribution is -2.42. The zero-order valence-electron chi connectivity index (χ0n) is 19.2. The average molecular weight is 422 g/mol. The summed E-state index contributed by atoms with van der Waals surface area (Å²) in [5.41, 5.74) is 9.64. The van der Waals surface area contributed by atoms with Crippen LogP contribution in [0.2, 0.25) is 0 Å². The average Bonchev–Trinajstić information content (AvgIpc) is 3.22. The highest BCUT2D eigenvalue weighted by molar-refractivity contribution is 5.94. The number of aliphatic imine (C=N–C) groups is 1. The second-order valence-electron chi connectivity index (χ2n) is 8.41. The van der Waals surface area contributed by atoms with Crippen molar-refractivity contribution in [1.29, 1.82) is 0 Å². The molecule has 31 heavy (non-hydrogen) atoms. The number of nitrogens with zero attached hydrogens (tertiary/aromatic N) is 6. The predicted molar refractivity (Wildman–Crippen MR) is 124 cm³/mol. The van der Waals surface area contributed by atoms with E-state index in [0.29, 0.717) is 6.61 Å². The second-order valence-corrected chi connectivity index (χ2v) is 8.41. The van der Waals surface area contributed by atoms with Gasteiger partial charge in [-0.2, -0.15) is 10.2 Å². The maximum atomic E-state index is 6.27. The van der Waals surface area contributed by atoms with Gasteiger partial charge in [-0.3, -0.25) is 15.1 Å². The van der Waals surface area contributed by atoms with Crippen molar-refractivity contribution in [2.75, 3.05) is 27.2 Å². The molecule has 0 bridgehead atoms. The number of rotatable bonds is 7. The molecule has 0 amide bonds. The molecule has 0 spiro atoms. The summed E-state index contributed by atoms with van der Waals surface area (Å²) in [4.78, 5) is 8.93. The first-order valence-corrected chi connectivity index (χ1v) is 10.6. The lowest BCUT2D eigenvalue weighted by atomic mass is 10.1. The summed E-state index contributed by atoms with van der Waals surface area (Å²) in [5.74, 6) is 1.81. The minimum atomic E-state index is -0.0370. The van der Waals surface area contributed by atoms with Gasteiger partial charge in [0.25, 0.3) is 0 Å². The van der Waals surface area contributed by atoms with E-state index in [9.17, 15) is 0 Å². The first-order chi connectivity index (χ1) is 14.8. The van der Waals surface area contributed by atoms with Gasteiger partial charge in [0.15, 0.2) is 6.17 Å². The number of hydrazone groups is 1. The van der Waals surface area contributed by atoms with Crippen LogP contribution in [0.15, 0.2) is 34.5 Å². The van der Waals surface area contributed by atoms with Crippen molar-refractivity contribution in [3.63, 3.8) is 0 Å². The Hall–Kier alpha value is -3.13. The third-order valence-corrected chi connectivity index (χ3v) is 5.68. The molecule has 0 saturated heterocycles. The molecule has 2 aliphatic heterocycles. The van der Waals surface area contributed by atoms with Gasteiger partial charge < -0.3 is 14.5 Å². The maximum Gasteiger partial charge on any atom is 0.156 e. The summed E-state index contributed by atoms with van der Waals surface area (Å²) >= 11 is 0. The number of aromatic nitrogens is 2. The molecule has 1 N–H and O–H groups in total. The summed E-state index contributed by atoms with van der Waals surface area (Å²) in [6.45, 7) is 7.56. The van der Waals surface area contributed by atoms with Gasteiger partial charge in [0.2, 0.25) is 0 Å². The minimum Gasteiger partial charge on any atom is -0.493 e. The molecule has 2 aromatic rings. The van der Waals surface area contributed by atoms with Crippen molar-refractivity contribution in [2.45, 2.75) is 33.4 Å². The highest BCUT2D eigenvalue weighted by atomic mass is 16.5. The van der Waals surface area contributed by atoms with Crippen LogP contribution in [0.1, 0.15) is 28.1 Å². The minimum absolute atomic E-state index is 0.0370. The van der Waals surface area contributed by atoms with E-state index in [1.807, 2.05) is 32.0 Å². The van der Waals surface area contributed by atoms with E-state index in [0.717, 1.165) is 47.1 Å². The zero-order chi connectivity index (χ0) is 22.1. The number of aryl methyl sites for hydroxylation is 3. The van der Waals surface area contributed by atoms with Crippen LogP contribution in [0.25, 0.3) is 5.70 Å². The first-order valence-electron chi connectivity index (χ1n) is 10.6. The van der Waals surface area contributed by atoms with E-state index in [1.54, 1.807) is 0 Å². The summed E-state index contributed by atoms with van der Waals surface area (Å²) in [6.07, 6.45) is 4.73. The van der Waals surface area contributed by atoms with Crippen LogP contribution in [-0.2, 0) is 13.5 Å². The van der Waals surface area contributed by atoms with Gasteiger partial charge in [0.1, 0.15) is 11.6 Å². The molecular weight excluding hydrogens is 390 g/mol. The molecule has 8 nitrogen and oxygen atoms in total. The monoisotopic (exact) mass is 421 g/mol. The first kappa shape index (κ1) is 21.1. The highest BCUT2D eigenvalue weighted by Crippen LogP contribution is 2.31. The topological polar surface area (TPSA) is 70.3 Å². The zero-order valence-corrected chi connectivity index (χ0v) is 19.2. The number of nitrogens with one attached hydrogen (secondary N) is 1. The summed E-state index contributed by atoms with van der Waals surface area (Å²) in [7, 11) is 6.06. The molecular formula is C23H31N7O. The molecule has 1 unspecified atom stereocenters. The van der Waals surface area contributed by atoms with Gasteiger partial charge >= 0.3 is 0 Å². The van der Waals surface area contributed by atoms with Crippen LogP contribution >= 0.6 is 0 Å². The van der Waals surface area contributed by atoms with Gasteiger partial charge in [-0.15, -0.1) is 0 Å². The van der Waals surface area contributed by atoms with E-state index in [1.165, 1.54) is 11.3 Å². The van der Waals surface area contributed by atoms with Gasteiger partial charge in [-0.25, -0.2) is 0 Å². The largest absolute Gasteiger partial charge is 0.493 e. The lowest BCUT2D eigenvalue weighted by molar-refractivity contribution is 0.320. The molecule has 1 atom stereocenters. The van der Waals surface area contributed by atoms with E-state index >= 15 is 0 Å². The summed E-state index contributed by atoms with van der Waals surface area (Å²) < 4.78 is 8.20. The van der Waals surface area contributed by atoms with Crippen LogP contribution < -0.4 is 10.2 Å². The van der Waals surface area contributed by atoms with Crippen molar-refractivity contribution < 1.29 is 4.74 Å². The molecule has 0 radical (unpaired) electrons. The summed E-state index contributed by atoms with van der Waals surface area (Å²) in [6, 6.07) is 6.26. The van der Waals surface area contributed by atoms with Crippen molar-refractivity contribution in [2.24, 2.45) is 17.1 Å². The van der Waals surface area contributed by atoms with E-state index < -0.39 is 0 Å². The Balaban J connectivity index is 1.54. The van der Waals surface area contributed by atoms with Crippen molar-refractivity contribution in [3.05, 3.63) is 52.5 Å². The third kappa shape index (κ3) is 4.34. The quantitative estimate of drug-likeness (QED) is 0.744. The second kappa shape index (κ2) is 8.55. The number of hydrogen-bond donors (Lipinski definition) is 1. The number of ether oxygens (including phenoxy) is 1. The number of hydrogen-bond acceptors (Lipinski definition) is 7. The molecule has 3 heterocycles. The molecule has 164 valence electrons. The Morgan fingerprint density at radius 1 is 1.19 bits per heavy atom. The Kier molecular flexibility index (Phi) is 5.82. The Morgan fingerprint density at radius 3 is 2.71 bits per heavy atom. The van der Waals surface area contributed by atoms with Gasteiger partial charge in [-0.05, 0) is 58.1 Å². The van der Waals surface area contributed by atoms with Crippen molar-refractivity contribution in [3.8, 4) is 5.75 Å². The van der Waals surface area contributed by atoms with Gasteiger partial charge in [0, 0.05) is 37.1 Å². The molecule has 0 saturated carbocycles. The van der Waals surface area contributed by atoms with E-state index in [4.69, 9.17) is 9.73 Å². The molecule has 4 rings (SSSR count). The fourth-order valence-electron chi connectivity index (χ4n) is 3.94. The van der Waals surface area contributed by atoms with Crippen LogP contribution in [0.5, 0.6) is 5.75 Å². The molecule has 1 aromatic heterocycles. The number of amidine groups is 1. The standard InChI is InChI=1S/C23H31N7O/c1-15-7-8-19(20-13-30-22(12-24-20)25-26-23(30)14-28(4)5)21(11-15)31-10-9-18-16(2)27-29(6)17(18)3/h7-8,11-13,22,25H,9-10,14H2,1-6H3. The lowest BCUT2D eigenvalue weighted by Gasteiger charge is -2.26. The van der Waals surface area contributed by atoms with Crippen molar-refractivity contribution >= 4 is 17.7 Å². The van der Waals surface area contributed by atoms with Crippen LogP contribution in [0.4, 0.5) is 0 Å². The van der Waals surface area contributed by atoms with Crippen molar-refractivity contribution in [1.82, 2.24) is 25.0 Å². The maximum absolute atomic E-state index is 6.27. The van der Waals surface area contributed by atoms with Crippen LogP contribution in [0.3, 0.4) is 0 Å². The molecule has 0 fully saturated rings. The van der Waals surface area contributed by atoms with E-state index in [-0.39, 0.29) is 6.17 Å². The molecule has 8 heteroatoms. The summed E-state index contributed by atoms with van der Waals surface area (Å²) in [5, 5.41) is 8.97. The fourth-order valence-corrected chi connectivity index (χ4v) is 3.94. The molecule has 0 aliphatic carbocycles. The smallest absolute Gasteiger partial charge is 0.156 e. The predicted octanol–water partition coefficient (Wildman–Crippen LogP) is 2.46. The van der Waals surface area contributed by atoms with E-state index in [2.05, 4.69) is 70.6 Å². The Morgan fingerprint density at radius 2 is 2.00 bits per heavy atom. The number of benzene rings is 1. The Labute approximate surface area is 183 Å². The van der Waals surface area contributed by atoms with Crippen LogP contribution in [-0.4, -0.2) is 65.0 Å². The highest BCUT2D eigenvalue weighted by Gasteiger charge is 2.28. The molecule has 2 aliphatic rings. The Bertz CT molecular complexity index is 1060. The number of likely N-dealkylation sites (N-methyl/N-ethyl adjacent to an activating group) is 1. The van der Waals surface area contributed by atoms with Gasteiger partial charge in [0.05, 0.1) is 24.5 Å². The SMILES string of the molecule is Cc1ccc(C2=CN3C(CN(C)C)=NNC3C=N2)c(OCCc2c(C)nn(C)c2C)c1. The molecule has 1 aromatic carbocycles. The fraction of sp³-hybridized carbons (Fsp3) is 0.435. The van der Waals surface area contributed by atoms with Crippen LogP contribution in [0, 0.1) is 20.8 Å².